The molecule has 0 aliphatic rings. The third-order valence-electron chi connectivity index (χ3n) is 0.766. The molecule has 0 spiro atoms. The summed E-state index contributed by atoms with van der Waals surface area (Å²) in [5.41, 5.74) is 0. The number of halogens is 3. The molecule has 0 N–H and O–H groups in total. The lowest BCUT2D eigenvalue weighted by molar-refractivity contribution is -0.0798. The van der Waals surface area contributed by atoms with Gasteiger partial charge >= 0.3 is 6.18 Å². The Hall–Kier alpha value is 0.0300. The Morgan fingerprint density at radius 2 is 2.00 bits per heavy atom. The van der Waals surface area contributed by atoms with E-state index in [2.05, 4.69) is 0 Å². The van der Waals surface area contributed by atoms with Crippen molar-refractivity contribution in [3.05, 3.63) is 10.3 Å². The molecule has 11 heavy (non-hydrogen) atoms. The molecular formula is C5H7F3OS2. The average molecular weight is 204 g/mol. The SMILES string of the molecule is CS/C(=C/C(F)(F)F)S(C)=O. The number of thioether (sulfide) groups is 1. The molecule has 0 radical (unpaired) electrons. The Bertz CT molecular complexity index is 185. The Morgan fingerprint density at radius 3 is 2.09 bits per heavy atom. The molecule has 6 heteroatoms. The molecule has 0 saturated heterocycles. The lowest BCUT2D eigenvalue weighted by Crippen LogP contribution is -2.04. The minimum atomic E-state index is -4.37. The van der Waals surface area contributed by atoms with Crippen LogP contribution in [0.15, 0.2) is 10.3 Å². The first kappa shape index (κ1) is 11.0. The summed E-state index contributed by atoms with van der Waals surface area (Å²) in [5, 5.41) is 0. The molecule has 66 valence electrons. The fourth-order valence-corrected chi connectivity index (χ4v) is 1.88. The van der Waals surface area contributed by atoms with Crippen molar-refractivity contribution in [1.29, 1.82) is 0 Å². The van der Waals surface area contributed by atoms with Crippen LogP contribution in [-0.2, 0) is 10.8 Å². The van der Waals surface area contributed by atoms with Crippen molar-refractivity contribution in [2.45, 2.75) is 6.18 Å². The summed E-state index contributed by atoms with van der Waals surface area (Å²) in [6, 6.07) is 0. The van der Waals surface area contributed by atoms with Gasteiger partial charge in [0.15, 0.2) is 0 Å². The van der Waals surface area contributed by atoms with Crippen molar-refractivity contribution < 1.29 is 17.4 Å². The number of hydrogen-bond acceptors (Lipinski definition) is 2. The first-order chi connectivity index (χ1) is 4.87. The Kier molecular flexibility index (Phi) is 4.17. The molecule has 0 aromatic heterocycles. The van der Waals surface area contributed by atoms with E-state index >= 15 is 0 Å². The second-order valence-corrected chi connectivity index (χ2v) is 4.12. The molecule has 1 atom stereocenters. The van der Waals surface area contributed by atoms with Gasteiger partial charge in [-0.15, -0.1) is 11.8 Å². The zero-order chi connectivity index (χ0) is 9.07. The van der Waals surface area contributed by atoms with E-state index in [4.69, 9.17) is 0 Å². The standard InChI is InChI=1S/C5H7F3OS2/c1-10-4(11(2)9)3-5(6,7)8/h3H,1-2H3/b4-3-. The molecule has 0 amide bonds. The molecule has 0 aromatic carbocycles. The fraction of sp³-hybridized carbons (Fsp3) is 0.600. The smallest absolute Gasteiger partial charge is 0.254 e. The molecule has 0 aliphatic carbocycles. The lowest BCUT2D eigenvalue weighted by Gasteiger charge is -2.02. The molecule has 1 unspecified atom stereocenters. The molecule has 0 bridgehead atoms. The van der Waals surface area contributed by atoms with Crippen molar-refractivity contribution in [3.8, 4) is 0 Å². The van der Waals surface area contributed by atoms with Crippen LogP contribution in [0, 0.1) is 0 Å². The van der Waals surface area contributed by atoms with Gasteiger partial charge < -0.3 is 0 Å². The normalized spacial score (nSPS) is 16.6. The number of allylic oxidation sites excluding steroid dienone is 1. The summed E-state index contributed by atoms with van der Waals surface area (Å²) in [6.07, 6.45) is -1.63. The first-order valence-corrected chi connectivity index (χ1v) is 5.32. The topological polar surface area (TPSA) is 17.1 Å². The minimum Gasteiger partial charge on any atom is -0.254 e. The maximum Gasteiger partial charge on any atom is 0.411 e. The maximum absolute atomic E-state index is 11.6. The van der Waals surface area contributed by atoms with Crippen LogP contribution in [-0.4, -0.2) is 22.9 Å². The van der Waals surface area contributed by atoms with Crippen LogP contribution in [0.25, 0.3) is 0 Å². The molecule has 0 fully saturated rings. The molecule has 0 rings (SSSR count). The Labute approximate surface area is 69.5 Å². The van der Waals surface area contributed by atoms with Gasteiger partial charge in [-0.2, -0.15) is 13.2 Å². The predicted octanol–water partition coefficient (Wildman–Crippen LogP) is 2.13. The second kappa shape index (κ2) is 4.15. The Morgan fingerprint density at radius 1 is 1.55 bits per heavy atom. The minimum absolute atomic E-state index is 0.0633. The van der Waals surface area contributed by atoms with Crippen LogP contribution < -0.4 is 0 Å². The zero-order valence-electron chi connectivity index (χ0n) is 5.94. The first-order valence-electron chi connectivity index (χ1n) is 2.54. The lowest BCUT2D eigenvalue weighted by atomic mass is 10.6. The van der Waals surface area contributed by atoms with E-state index in [1.807, 2.05) is 0 Å². The molecule has 0 heterocycles. The highest BCUT2D eigenvalue weighted by Crippen LogP contribution is 2.24. The van der Waals surface area contributed by atoms with E-state index in [-0.39, 0.29) is 10.3 Å². The summed E-state index contributed by atoms with van der Waals surface area (Å²) >= 11 is 0.846. The van der Waals surface area contributed by atoms with Gasteiger partial charge in [0, 0.05) is 12.3 Å². The van der Waals surface area contributed by atoms with Crippen LogP contribution in [0.1, 0.15) is 0 Å². The molecule has 0 aliphatic heterocycles. The highest BCUT2D eigenvalue weighted by molar-refractivity contribution is 8.15. The quantitative estimate of drug-likeness (QED) is 0.685. The predicted molar refractivity (Wildman–Crippen MR) is 41.7 cm³/mol. The zero-order valence-corrected chi connectivity index (χ0v) is 7.57. The van der Waals surface area contributed by atoms with Gasteiger partial charge in [0.2, 0.25) is 0 Å². The average Bonchev–Trinajstić information content (AvgIpc) is 1.80. The third-order valence-corrected chi connectivity index (χ3v) is 3.17. The van der Waals surface area contributed by atoms with E-state index in [9.17, 15) is 17.4 Å². The monoisotopic (exact) mass is 204 g/mol. The number of alkyl halides is 3. The summed E-state index contributed by atoms with van der Waals surface area (Å²) < 4.78 is 45.3. The summed E-state index contributed by atoms with van der Waals surface area (Å²) in [5.74, 6) is 0. The van der Waals surface area contributed by atoms with E-state index < -0.39 is 17.0 Å². The van der Waals surface area contributed by atoms with Gasteiger partial charge in [0.05, 0.1) is 15.0 Å². The molecular weight excluding hydrogens is 197 g/mol. The fourth-order valence-electron chi connectivity index (χ4n) is 0.393. The molecule has 0 saturated carbocycles. The van der Waals surface area contributed by atoms with Gasteiger partial charge in [-0.3, -0.25) is 4.21 Å². The maximum atomic E-state index is 11.6. The number of hydrogen-bond donors (Lipinski definition) is 0. The van der Waals surface area contributed by atoms with Crippen LogP contribution in [0.5, 0.6) is 0 Å². The summed E-state index contributed by atoms with van der Waals surface area (Å²) in [4.78, 5) is 0. The van der Waals surface area contributed by atoms with Crippen LogP contribution in [0.3, 0.4) is 0 Å². The van der Waals surface area contributed by atoms with Crippen molar-refractivity contribution >= 4 is 22.6 Å². The summed E-state index contributed by atoms with van der Waals surface area (Å²) in [6.45, 7) is 0. The van der Waals surface area contributed by atoms with Crippen molar-refractivity contribution in [3.63, 3.8) is 0 Å². The van der Waals surface area contributed by atoms with Crippen LogP contribution in [0.4, 0.5) is 13.2 Å². The van der Waals surface area contributed by atoms with Gasteiger partial charge in [-0.05, 0) is 6.26 Å². The second-order valence-electron chi connectivity index (χ2n) is 1.66. The number of rotatable bonds is 2. The van der Waals surface area contributed by atoms with E-state index in [0.29, 0.717) is 0 Å². The molecule has 1 nitrogen and oxygen atoms in total. The highest BCUT2D eigenvalue weighted by atomic mass is 32.2. The Balaban J connectivity index is 4.49. The van der Waals surface area contributed by atoms with Crippen molar-refractivity contribution in [1.82, 2.24) is 0 Å². The van der Waals surface area contributed by atoms with E-state index in [0.717, 1.165) is 11.8 Å². The largest absolute Gasteiger partial charge is 0.411 e. The van der Waals surface area contributed by atoms with Crippen molar-refractivity contribution in [2.24, 2.45) is 0 Å². The van der Waals surface area contributed by atoms with E-state index in [1.165, 1.54) is 12.5 Å². The van der Waals surface area contributed by atoms with Gasteiger partial charge in [0.1, 0.15) is 0 Å². The summed E-state index contributed by atoms with van der Waals surface area (Å²) in [7, 11) is -1.55. The van der Waals surface area contributed by atoms with Gasteiger partial charge in [0.25, 0.3) is 0 Å². The van der Waals surface area contributed by atoms with Crippen molar-refractivity contribution in [2.75, 3.05) is 12.5 Å². The van der Waals surface area contributed by atoms with E-state index in [1.54, 1.807) is 0 Å². The van der Waals surface area contributed by atoms with Gasteiger partial charge in [-0.1, -0.05) is 0 Å². The highest BCUT2D eigenvalue weighted by Gasteiger charge is 2.25. The molecule has 0 aromatic rings. The third kappa shape index (κ3) is 5.32. The van der Waals surface area contributed by atoms with Crippen LogP contribution >= 0.6 is 11.8 Å². The van der Waals surface area contributed by atoms with Gasteiger partial charge in [-0.25, -0.2) is 0 Å². The van der Waals surface area contributed by atoms with Crippen LogP contribution in [0.2, 0.25) is 0 Å².